The molecular formula is C24H26ClN3O2. The van der Waals surface area contributed by atoms with E-state index < -0.39 is 6.04 Å². The number of anilines is 1. The number of methoxy groups -OCH3 is 1. The van der Waals surface area contributed by atoms with Crippen LogP contribution in [0.4, 0.5) is 5.69 Å². The fraction of sp³-hybridized carbons (Fsp3) is 0.292. The molecule has 3 aromatic rings. The first kappa shape index (κ1) is 20.5. The van der Waals surface area contributed by atoms with Gasteiger partial charge in [0, 0.05) is 24.6 Å². The van der Waals surface area contributed by atoms with Gasteiger partial charge in [-0.25, -0.2) is 0 Å². The van der Waals surface area contributed by atoms with Gasteiger partial charge in [-0.05, 0) is 55.3 Å². The summed E-state index contributed by atoms with van der Waals surface area (Å²) in [5.41, 5.74) is 2.87. The van der Waals surface area contributed by atoms with Crippen LogP contribution in [0.2, 0.25) is 5.02 Å². The van der Waals surface area contributed by atoms with Crippen molar-refractivity contribution in [2.45, 2.75) is 24.9 Å². The Kier molecular flexibility index (Phi) is 6.11. The van der Waals surface area contributed by atoms with Crippen molar-refractivity contribution in [3.8, 4) is 5.75 Å². The second-order valence-electron chi connectivity index (χ2n) is 7.59. The maximum atomic E-state index is 13.5. The van der Waals surface area contributed by atoms with Crippen LogP contribution in [0.1, 0.15) is 36.2 Å². The van der Waals surface area contributed by atoms with E-state index >= 15 is 0 Å². The fourth-order valence-electron chi connectivity index (χ4n) is 4.32. The van der Waals surface area contributed by atoms with E-state index in [0.717, 1.165) is 24.9 Å². The van der Waals surface area contributed by atoms with Crippen LogP contribution in [0, 0.1) is 0 Å². The normalized spacial score (nSPS) is 17.6. The number of amides is 1. The molecule has 0 radical (unpaired) electrons. The Morgan fingerprint density at radius 1 is 1.17 bits per heavy atom. The van der Waals surface area contributed by atoms with E-state index in [-0.39, 0.29) is 11.9 Å². The van der Waals surface area contributed by atoms with E-state index in [9.17, 15) is 4.79 Å². The largest absolute Gasteiger partial charge is 0.495 e. The summed E-state index contributed by atoms with van der Waals surface area (Å²) in [6.45, 7) is 0.867. The molecule has 0 aliphatic carbocycles. The molecule has 0 saturated carbocycles. The molecule has 2 aromatic carbocycles. The van der Waals surface area contributed by atoms with Gasteiger partial charge in [-0.15, -0.1) is 0 Å². The van der Waals surface area contributed by atoms with Crippen molar-refractivity contribution in [2.75, 3.05) is 19.0 Å². The third-order valence-corrected chi connectivity index (χ3v) is 6.03. The monoisotopic (exact) mass is 423 g/mol. The minimum absolute atomic E-state index is 0.0662. The van der Waals surface area contributed by atoms with E-state index in [1.807, 2.05) is 36.4 Å². The highest BCUT2D eigenvalue weighted by molar-refractivity contribution is 6.32. The van der Waals surface area contributed by atoms with Crippen LogP contribution in [-0.4, -0.2) is 29.0 Å². The molecule has 156 valence electrons. The van der Waals surface area contributed by atoms with E-state index in [1.165, 1.54) is 5.69 Å². The molecule has 6 heteroatoms. The third kappa shape index (κ3) is 4.09. The molecule has 5 nitrogen and oxygen atoms in total. The summed E-state index contributed by atoms with van der Waals surface area (Å²) in [6, 6.07) is 19.3. The third-order valence-electron chi connectivity index (χ3n) is 5.73. The van der Waals surface area contributed by atoms with E-state index in [2.05, 4.69) is 40.2 Å². The van der Waals surface area contributed by atoms with Crippen LogP contribution in [0.25, 0.3) is 0 Å². The van der Waals surface area contributed by atoms with Crippen molar-refractivity contribution in [3.63, 3.8) is 0 Å². The Morgan fingerprint density at radius 3 is 2.63 bits per heavy atom. The van der Waals surface area contributed by atoms with Gasteiger partial charge in [0.25, 0.3) is 0 Å². The van der Waals surface area contributed by atoms with Crippen molar-refractivity contribution in [1.29, 1.82) is 0 Å². The first-order valence-corrected chi connectivity index (χ1v) is 10.5. The van der Waals surface area contributed by atoms with Crippen molar-refractivity contribution < 1.29 is 9.53 Å². The van der Waals surface area contributed by atoms with Gasteiger partial charge in [0.05, 0.1) is 18.2 Å². The molecule has 0 spiro atoms. The second-order valence-corrected chi connectivity index (χ2v) is 8.00. The zero-order valence-corrected chi connectivity index (χ0v) is 18.0. The Labute approximate surface area is 182 Å². The summed E-state index contributed by atoms with van der Waals surface area (Å²) in [4.78, 5) is 15.8. The molecule has 0 bridgehead atoms. The van der Waals surface area contributed by atoms with Crippen molar-refractivity contribution >= 4 is 23.2 Å². The Balaban J connectivity index is 1.66. The van der Waals surface area contributed by atoms with Crippen molar-refractivity contribution in [3.05, 3.63) is 83.1 Å². The highest BCUT2D eigenvalue weighted by Crippen LogP contribution is 2.39. The SMILES string of the molecule is COc1ccc(NC(=O)[C@H](c2ccccc2)N2CCC[C@@H]2c2cccn2C)cc1Cl. The maximum Gasteiger partial charge on any atom is 0.246 e. The number of rotatable bonds is 6. The summed E-state index contributed by atoms with van der Waals surface area (Å²) in [7, 11) is 3.63. The van der Waals surface area contributed by atoms with Gasteiger partial charge in [0.15, 0.2) is 0 Å². The maximum absolute atomic E-state index is 13.5. The Bertz CT molecular complexity index is 1020. The number of nitrogens with zero attached hydrogens (tertiary/aromatic N) is 2. The predicted octanol–water partition coefficient (Wildman–Crippen LogP) is 5.20. The van der Waals surface area contributed by atoms with Crippen LogP contribution >= 0.6 is 11.6 Å². The number of aromatic nitrogens is 1. The number of carbonyl (C=O) groups is 1. The Morgan fingerprint density at radius 2 is 1.97 bits per heavy atom. The number of benzene rings is 2. The summed E-state index contributed by atoms with van der Waals surface area (Å²) < 4.78 is 7.36. The smallest absolute Gasteiger partial charge is 0.246 e. The standard InChI is InChI=1S/C24H26ClN3O2/c1-27-14-6-10-20(27)21-11-7-15-28(21)23(17-8-4-3-5-9-17)24(29)26-18-12-13-22(30-2)19(25)16-18/h3-6,8-10,12-14,16,21,23H,7,11,15H2,1-2H3,(H,26,29)/t21-,23+/m1/s1. The number of aryl methyl sites for hydroxylation is 1. The second kappa shape index (κ2) is 8.94. The lowest BCUT2D eigenvalue weighted by Crippen LogP contribution is -2.37. The molecule has 30 heavy (non-hydrogen) atoms. The number of nitrogens with one attached hydrogen (secondary N) is 1. The first-order valence-electron chi connectivity index (χ1n) is 10.1. The molecule has 1 amide bonds. The van der Waals surface area contributed by atoms with E-state index in [1.54, 1.807) is 19.2 Å². The summed E-state index contributed by atoms with van der Waals surface area (Å²) in [5.74, 6) is 0.515. The van der Waals surface area contributed by atoms with E-state index in [0.29, 0.717) is 16.5 Å². The Hall–Kier alpha value is -2.76. The minimum Gasteiger partial charge on any atom is -0.495 e. The van der Waals surface area contributed by atoms with Crippen LogP contribution in [-0.2, 0) is 11.8 Å². The fourth-order valence-corrected chi connectivity index (χ4v) is 4.58. The molecule has 1 aliphatic rings. The topological polar surface area (TPSA) is 46.5 Å². The zero-order chi connectivity index (χ0) is 21.1. The van der Waals surface area contributed by atoms with Gasteiger partial charge >= 0.3 is 0 Å². The summed E-state index contributed by atoms with van der Waals surface area (Å²) in [5, 5.41) is 3.53. The highest BCUT2D eigenvalue weighted by atomic mass is 35.5. The highest BCUT2D eigenvalue weighted by Gasteiger charge is 2.37. The van der Waals surface area contributed by atoms with Crippen LogP contribution in [0.5, 0.6) is 5.75 Å². The average Bonchev–Trinajstić information content (AvgIpc) is 3.38. The molecule has 1 saturated heterocycles. The van der Waals surface area contributed by atoms with Gasteiger partial charge in [0.1, 0.15) is 11.8 Å². The van der Waals surface area contributed by atoms with Gasteiger partial charge < -0.3 is 14.6 Å². The summed E-state index contributed by atoms with van der Waals surface area (Å²) in [6.07, 6.45) is 4.15. The number of halogens is 1. The molecule has 1 fully saturated rings. The lowest BCUT2D eigenvalue weighted by Gasteiger charge is -2.33. The number of ether oxygens (including phenoxy) is 1. The number of hydrogen-bond donors (Lipinski definition) is 1. The predicted molar refractivity (Wildman–Crippen MR) is 120 cm³/mol. The minimum atomic E-state index is -0.394. The van der Waals surface area contributed by atoms with Gasteiger partial charge in [-0.1, -0.05) is 41.9 Å². The molecule has 4 rings (SSSR count). The van der Waals surface area contributed by atoms with Crippen LogP contribution < -0.4 is 10.1 Å². The molecule has 1 N–H and O–H groups in total. The quantitative estimate of drug-likeness (QED) is 0.592. The van der Waals surface area contributed by atoms with Gasteiger partial charge in [0.2, 0.25) is 5.91 Å². The first-order chi connectivity index (χ1) is 14.6. The molecular weight excluding hydrogens is 398 g/mol. The average molecular weight is 424 g/mol. The lowest BCUT2D eigenvalue weighted by atomic mass is 10.0. The lowest BCUT2D eigenvalue weighted by molar-refractivity contribution is -0.122. The van der Waals surface area contributed by atoms with Crippen LogP contribution in [0.15, 0.2) is 66.9 Å². The molecule has 0 unspecified atom stereocenters. The van der Waals surface area contributed by atoms with Crippen LogP contribution in [0.3, 0.4) is 0 Å². The number of likely N-dealkylation sites (tertiary alicyclic amines) is 1. The van der Waals surface area contributed by atoms with Crippen molar-refractivity contribution in [2.24, 2.45) is 7.05 Å². The molecule has 1 aliphatic heterocycles. The summed E-state index contributed by atoms with van der Waals surface area (Å²) >= 11 is 6.26. The van der Waals surface area contributed by atoms with Gasteiger partial charge in [-0.2, -0.15) is 0 Å². The number of carbonyl (C=O) groups excluding carboxylic acids is 1. The van der Waals surface area contributed by atoms with Gasteiger partial charge in [-0.3, -0.25) is 9.69 Å². The van der Waals surface area contributed by atoms with E-state index in [4.69, 9.17) is 16.3 Å². The molecule has 2 atom stereocenters. The molecule has 2 heterocycles. The number of hydrogen-bond acceptors (Lipinski definition) is 3. The zero-order valence-electron chi connectivity index (χ0n) is 17.2. The van der Waals surface area contributed by atoms with Crippen molar-refractivity contribution in [1.82, 2.24) is 9.47 Å². The molecule has 1 aromatic heterocycles.